The molecule has 7 nitrogen and oxygen atoms in total. The Bertz CT molecular complexity index is 1130. The summed E-state index contributed by atoms with van der Waals surface area (Å²) in [5.74, 6) is -1.12. The average molecular weight is 307 g/mol. The molecule has 0 bridgehead atoms. The maximum atomic E-state index is 13.4. The lowest BCUT2D eigenvalue weighted by Crippen LogP contribution is -2.21. The molecule has 1 aromatic heterocycles. The van der Waals surface area contributed by atoms with Crippen LogP contribution in [0.3, 0.4) is 0 Å². The molecule has 0 fully saturated rings. The number of nitrogens with zero attached hydrogens (tertiary/aromatic N) is 5. The van der Waals surface area contributed by atoms with E-state index in [4.69, 9.17) is 5.53 Å². The van der Waals surface area contributed by atoms with E-state index in [9.17, 15) is 14.0 Å². The Balaban J connectivity index is 2.12. The Kier molecular flexibility index (Phi) is 2.57. The van der Waals surface area contributed by atoms with Crippen LogP contribution in [0, 0.1) is 5.82 Å². The van der Waals surface area contributed by atoms with Crippen LogP contribution in [0.4, 0.5) is 10.1 Å². The normalized spacial score (nSPS) is 12.0. The summed E-state index contributed by atoms with van der Waals surface area (Å²) in [5, 5.41) is 3.66. The summed E-state index contributed by atoms with van der Waals surface area (Å²) in [6, 6.07) is 8.03. The predicted molar refractivity (Wildman–Crippen MR) is 79.5 cm³/mol. The van der Waals surface area contributed by atoms with Crippen molar-refractivity contribution in [1.29, 1.82) is 0 Å². The number of rotatable bonds is 1. The van der Waals surface area contributed by atoms with Crippen molar-refractivity contribution in [3.63, 3.8) is 0 Å². The lowest BCUT2D eigenvalue weighted by Gasteiger charge is -2.05. The highest BCUT2D eigenvalue weighted by Gasteiger charge is 2.30. The van der Waals surface area contributed by atoms with E-state index in [0.29, 0.717) is 11.2 Å². The summed E-state index contributed by atoms with van der Waals surface area (Å²) >= 11 is 0. The number of benzene rings is 2. The number of carbonyl (C=O) groups is 1. The van der Waals surface area contributed by atoms with Crippen molar-refractivity contribution in [3.8, 4) is 5.69 Å². The van der Waals surface area contributed by atoms with Gasteiger partial charge in [-0.25, -0.2) is 9.37 Å². The Morgan fingerprint density at radius 2 is 2.00 bits per heavy atom. The Morgan fingerprint density at radius 3 is 2.78 bits per heavy atom. The molecule has 0 saturated carbocycles. The van der Waals surface area contributed by atoms with Crippen molar-refractivity contribution in [2.45, 2.75) is 0 Å². The third-order valence-electron chi connectivity index (χ3n) is 3.66. The van der Waals surface area contributed by atoms with Crippen LogP contribution in [0.1, 0.15) is 16.2 Å². The fourth-order valence-corrected chi connectivity index (χ4v) is 2.67. The molecule has 2 heterocycles. The Hall–Kier alpha value is -3.51. The van der Waals surface area contributed by atoms with E-state index in [1.807, 2.05) is 0 Å². The number of fused-ring (bicyclic) bond motifs is 4. The van der Waals surface area contributed by atoms with E-state index in [0.717, 1.165) is 10.6 Å². The summed E-state index contributed by atoms with van der Waals surface area (Å²) in [4.78, 5) is 31.9. The summed E-state index contributed by atoms with van der Waals surface area (Å²) in [6.07, 6.45) is 0. The average Bonchev–Trinajstić information content (AvgIpc) is 2.81. The molecule has 1 aliphatic heterocycles. The highest BCUT2D eigenvalue weighted by Crippen LogP contribution is 2.27. The number of halogens is 1. The van der Waals surface area contributed by atoms with E-state index in [-0.39, 0.29) is 22.5 Å². The van der Waals surface area contributed by atoms with Gasteiger partial charge in [-0.3, -0.25) is 14.2 Å². The third-order valence-corrected chi connectivity index (χ3v) is 3.66. The second-order valence-corrected chi connectivity index (χ2v) is 4.96. The van der Waals surface area contributed by atoms with E-state index >= 15 is 0 Å². The van der Waals surface area contributed by atoms with Crippen LogP contribution in [0.5, 0.6) is 0 Å². The standard InChI is InChI=1S/C15H6FN5O2/c16-7-1-4-12-10(5-7)13(22)14-18-11-3-2-8(19-20-17)6-9(11)15(23)21(12)14/h1-6H. The molecule has 3 aromatic rings. The van der Waals surface area contributed by atoms with E-state index in [1.54, 1.807) is 0 Å². The van der Waals surface area contributed by atoms with Gasteiger partial charge in [-0.1, -0.05) is 11.2 Å². The first-order chi connectivity index (χ1) is 11.1. The number of azide groups is 1. The third kappa shape index (κ3) is 1.76. The van der Waals surface area contributed by atoms with Gasteiger partial charge in [-0.2, -0.15) is 0 Å². The zero-order valence-electron chi connectivity index (χ0n) is 11.4. The molecule has 0 N–H and O–H groups in total. The lowest BCUT2D eigenvalue weighted by atomic mass is 10.1. The zero-order chi connectivity index (χ0) is 16.1. The first kappa shape index (κ1) is 13.2. The molecule has 110 valence electrons. The molecule has 0 atom stereocenters. The molecule has 8 heteroatoms. The highest BCUT2D eigenvalue weighted by atomic mass is 19.1. The molecule has 0 spiro atoms. The highest BCUT2D eigenvalue weighted by molar-refractivity contribution is 6.13. The van der Waals surface area contributed by atoms with Crippen molar-refractivity contribution >= 4 is 22.4 Å². The van der Waals surface area contributed by atoms with E-state index in [1.165, 1.54) is 30.3 Å². The maximum Gasteiger partial charge on any atom is 0.266 e. The van der Waals surface area contributed by atoms with Gasteiger partial charge >= 0.3 is 0 Å². The maximum absolute atomic E-state index is 13.4. The van der Waals surface area contributed by atoms with Crippen LogP contribution in [-0.4, -0.2) is 15.3 Å². The molecule has 0 amide bonds. The van der Waals surface area contributed by atoms with E-state index < -0.39 is 17.2 Å². The number of hydrogen-bond acceptors (Lipinski definition) is 4. The van der Waals surface area contributed by atoms with Crippen LogP contribution in [0.2, 0.25) is 0 Å². The second kappa shape index (κ2) is 4.49. The summed E-state index contributed by atoms with van der Waals surface area (Å²) < 4.78 is 14.5. The smallest absolute Gasteiger partial charge is 0.266 e. The molecule has 0 unspecified atom stereocenters. The first-order valence-electron chi connectivity index (χ1n) is 6.56. The first-order valence-corrected chi connectivity index (χ1v) is 6.56. The molecular weight excluding hydrogens is 301 g/mol. The SMILES string of the molecule is [N-]=[N+]=Nc1ccc2nc3n(c(=O)c2c1)-c1ccc(F)cc1C3=O. The summed E-state index contributed by atoms with van der Waals surface area (Å²) in [7, 11) is 0. The largest absolute Gasteiger partial charge is 0.285 e. The molecular formula is C15H6FN5O2. The minimum Gasteiger partial charge on any atom is -0.285 e. The van der Waals surface area contributed by atoms with Crippen molar-refractivity contribution in [1.82, 2.24) is 9.55 Å². The van der Waals surface area contributed by atoms with Crippen molar-refractivity contribution in [2.75, 3.05) is 0 Å². The van der Waals surface area contributed by atoms with Gasteiger partial charge in [0.1, 0.15) is 5.82 Å². The molecule has 4 rings (SSSR count). The summed E-state index contributed by atoms with van der Waals surface area (Å²) in [6.45, 7) is 0. The molecule has 0 saturated heterocycles. The number of carbonyl (C=O) groups excluding carboxylic acids is 1. The fourth-order valence-electron chi connectivity index (χ4n) is 2.67. The Morgan fingerprint density at radius 1 is 1.17 bits per heavy atom. The minimum atomic E-state index is -0.562. The van der Waals surface area contributed by atoms with Gasteiger partial charge in [0.25, 0.3) is 5.56 Å². The number of aromatic nitrogens is 2. The van der Waals surface area contributed by atoms with Gasteiger partial charge in [-0.15, -0.1) is 0 Å². The van der Waals surface area contributed by atoms with Gasteiger partial charge < -0.3 is 0 Å². The molecule has 2 aromatic carbocycles. The van der Waals surface area contributed by atoms with E-state index in [2.05, 4.69) is 15.0 Å². The van der Waals surface area contributed by atoms with Crippen LogP contribution in [0.15, 0.2) is 46.3 Å². The van der Waals surface area contributed by atoms with Gasteiger partial charge in [0.05, 0.1) is 22.2 Å². The van der Waals surface area contributed by atoms with Gasteiger partial charge in [0, 0.05) is 10.6 Å². The Labute approximate surface area is 127 Å². The fraction of sp³-hybridized carbons (Fsp3) is 0. The van der Waals surface area contributed by atoms with Crippen LogP contribution < -0.4 is 5.56 Å². The van der Waals surface area contributed by atoms with Crippen LogP contribution in [0.25, 0.3) is 27.0 Å². The van der Waals surface area contributed by atoms with Crippen LogP contribution in [-0.2, 0) is 0 Å². The van der Waals surface area contributed by atoms with Crippen molar-refractivity contribution in [2.24, 2.45) is 5.11 Å². The summed E-state index contributed by atoms with van der Waals surface area (Å²) in [5.41, 5.74) is 8.97. The van der Waals surface area contributed by atoms with Crippen LogP contribution >= 0.6 is 0 Å². The number of hydrogen-bond donors (Lipinski definition) is 0. The van der Waals surface area contributed by atoms with Gasteiger partial charge in [-0.05, 0) is 35.9 Å². The number of ketones is 1. The van der Waals surface area contributed by atoms with Crippen molar-refractivity contribution < 1.29 is 9.18 Å². The second-order valence-electron chi connectivity index (χ2n) is 4.96. The van der Waals surface area contributed by atoms with Crippen molar-refractivity contribution in [3.05, 3.63) is 74.4 Å². The minimum absolute atomic E-state index is 0.0559. The lowest BCUT2D eigenvalue weighted by molar-refractivity contribution is 0.103. The quantitative estimate of drug-likeness (QED) is 0.307. The van der Waals surface area contributed by atoms with Gasteiger partial charge in [0.15, 0.2) is 5.82 Å². The topological polar surface area (TPSA) is 101 Å². The molecule has 0 radical (unpaired) electrons. The zero-order valence-corrected chi connectivity index (χ0v) is 11.4. The molecule has 1 aliphatic rings. The predicted octanol–water partition coefficient (Wildman–Crippen LogP) is 3.01. The van der Waals surface area contributed by atoms with Gasteiger partial charge in [0.2, 0.25) is 5.78 Å². The molecule has 0 aliphatic carbocycles. The molecule has 23 heavy (non-hydrogen) atoms. The monoisotopic (exact) mass is 307 g/mol.